The molecule has 0 bridgehead atoms. The summed E-state index contributed by atoms with van der Waals surface area (Å²) >= 11 is 2.10. The van der Waals surface area contributed by atoms with Gasteiger partial charge in [0.25, 0.3) is 5.56 Å². The number of rotatable bonds is 4. The van der Waals surface area contributed by atoms with Crippen molar-refractivity contribution in [2.75, 3.05) is 12.4 Å². The van der Waals surface area contributed by atoms with E-state index >= 15 is 0 Å². The van der Waals surface area contributed by atoms with Crippen LogP contribution in [0, 0.1) is 11.3 Å². The molecule has 0 spiro atoms. The van der Waals surface area contributed by atoms with Crippen LogP contribution in [0.4, 0.5) is 4.79 Å². The minimum atomic E-state index is -0.836. The van der Waals surface area contributed by atoms with E-state index in [-0.39, 0.29) is 29.2 Å². The second-order valence-electron chi connectivity index (χ2n) is 4.16. The maximum Gasteiger partial charge on any atom is 0.413 e. The average Bonchev–Trinajstić information content (AvgIpc) is 2.83. The first-order valence-electron chi connectivity index (χ1n) is 6.34. The number of amides is 2. The van der Waals surface area contributed by atoms with Crippen LogP contribution in [0.1, 0.15) is 12.5 Å². The summed E-state index contributed by atoms with van der Waals surface area (Å²) in [6, 6.07) is 2.96. The third-order valence-corrected chi connectivity index (χ3v) is 5.07. The Balaban J connectivity index is 2.19. The number of nitriles is 1. The number of nitrogens with zero attached hydrogens (tertiary/aromatic N) is 1. The summed E-state index contributed by atoms with van der Waals surface area (Å²) in [5.74, 6) is -0.925. The van der Waals surface area contributed by atoms with Crippen molar-refractivity contribution in [2.24, 2.45) is 0 Å². The molecule has 0 aromatic carbocycles. The number of thiophene rings is 1. The van der Waals surface area contributed by atoms with Crippen molar-refractivity contribution in [3.8, 4) is 11.8 Å². The third kappa shape index (κ3) is 3.82. The van der Waals surface area contributed by atoms with Crippen LogP contribution in [0.3, 0.4) is 0 Å². The SMILES string of the molecule is CCOC(=O)NC(=O)CSc1sc2c(O)cc(=O)[nH]c2c1C#N. The lowest BCUT2D eigenvalue weighted by molar-refractivity contribution is -0.117. The molecule has 23 heavy (non-hydrogen) atoms. The average molecular weight is 353 g/mol. The lowest BCUT2D eigenvalue weighted by Gasteiger charge is -2.03. The molecule has 120 valence electrons. The summed E-state index contributed by atoms with van der Waals surface area (Å²) < 4.78 is 5.40. The quantitative estimate of drug-likeness (QED) is 0.710. The summed E-state index contributed by atoms with van der Waals surface area (Å²) in [7, 11) is 0. The maximum absolute atomic E-state index is 11.6. The first-order chi connectivity index (χ1) is 11.0. The number of hydrogen-bond donors (Lipinski definition) is 3. The highest BCUT2D eigenvalue weighted by atomic mass is 32.2. The van der Waals surface area contributed by atoms with E-state index in [9.17, 15) is 24.8 Å². The van der Waals surface area contributed by atoms with Crippen LogP contribution < -0.4 is 10.9 Å². The van der Waals surface area contributed by atoms with Crippen molar-refractivity contribution >= 4 is 45.3 Å². The molecule has 2 amide bonds. The minimum Gasteiger partial charge on any atom is -0.506 e. The summed E-state index contributed by atoms with van der Waals surface area (Å²) in [5, 5.41) is 21.0. The number of carbonyl (C=O) groups excluding carboxylic acids is 2. The van der Waals surface area contributed by atoms with E-state index < -0.39 is 17.6 Å². The van der Waals surface area contributed by atoms with Gasteiger partial charge in [0.15, 0.2) is 0 Å². The van der Waals surface area contributed by atoms with Gasteiger partial charge in [-0.1, -0.05) is 0 Å². The third-order valence-electron chi connectivity index (χ3n) is 2.59. The molecule has 2 aromatic heterocycles. The van der Waals surface area contributed by atoms with Crippen molar-refractivity contribution in [1.82, 2.24) is 10.3 Å². The van der Waals surface area contributed by atoms with Crippen LogP contribution in [-0.2, 0) is 9.53 Å². The van der Waals surface area contributed by atoms with Gasteiger partial charge in [-0.25, -0.2) is 4.79 Å². The molecule has 3 N–H and O–H groups in total. The molecule has 0 aliphatic rings. The molecule has 0 fully saturated rings. The number of hydrogen-bond acceptors (Lipinski definition) is 8. The Bertz CT molecular complexity index is 865. The number of alkyl carbamates (subject to hydrolysis) is 1. The standard InChI is InChI=1S/C13H11N3O5S2/c1-2-21-13(20)16-9(19)5-22-12-6(4-14)10-11(23-12)7(17)3-8(18)15-10/h3H,2,5H2,1H3,(H2,15,17,18)(H,16,19,20). The van der Waals surface area contributed by atoms with Crippen LogP contribution >= 0.6 is 23.1 Å². The Hall–Kier alpha value is -2.51. The lowest BCUT2D eigenvalue weighted by Crippen LogP contribution is -2.32. The molecule has 0 aliphatic heterocycles. The zero-order valence-electron chi connectivity index (χ0n) is 11.8. The van der Waals surface area contributed by atoms with Gasteiger partial charge >= 0.3 is 6.09 Å². The molecular weight excluding hydrogens is 342 g/mol. The maximum atomic E-state index is 11.6. The van der Waals surface area contributed by atoms with Crippen LogP contribution in [0.5, 0.6) is 5.75 Å². The summed E-state index contributed by atoms with van der Waals surface area (Å²) in [6.07, 6.45) is -0.836. The van der Waals surface area contributed by atoms with E-state index in [4.69, 9.17) is 0 Å². The van der Waals surface area contributed by atoms with Gasteiger partial charge in [-0.3, -0.25) is 14.9 Å². The van der Waals surface area contributed by atoms with E-state index in [0.29, 0.717) is 8.91 Å². The molecule has 0 radical (unpaired) electrons. The van der Waals surface area contributed by atoms with Crippen molar-refractivity contribution < 1.29 is 19.4 Å². The molecular formula is C13H11N3O5S2. The molecule has 10 heteroatoms. The Labute approximate surface area is 138 Å². The zero-order chi connectivity index (χ0) is 17.0. The van der Waals surface area contributed by atoms with Crippen molar-refractivity contribution in [3.63, 3.8) is 0 Å². The highest BCUT2D eigenvalue weighted by Gasteiger charge is 2.18. The second kappa shape index (κ2) is 7.17. The molecule has 0 aliphatic carbocycles. The number of aromatic nitrogens is 1. The minimum absolute atomic E-state index is 0.120. The van der Waals surface area contributed by atoms with Crippen molar-refractivity contribution in [1.29, 1.82) is 5.26 Å². The Kier molecular flexibility index (Phi) is 5.25. The Morgan fingerprint density at radius 3 is 2.96 bits per heavy atom. The van der Waals surface area contributed by atoms with E-state index in [2.05, 4.69) is 9.72 Å². The molecule has 2 rings (SSSR count). The summed E-state index contributed by atoms with van der Waals surface area (Å²) in [4.78, 5) is 36.6. The van der Waals surface area contributed by atoms with Gasteiger partial charge in [0.05, 0.1) is 26.8 Å². The van der Waals surface area contributed by atoms with Crippen molar-refractivity contribution in [2.45, 2.75) is 11.1 Å². The fraction of sp³-hybridized carbons (Fsp3) is 0.231. The topological polar surface area (TPSA) is 132 Å². The predicted octanol–water partition coefficient (Wildman–Crippen LogP) is 1.53. The van der Waals surface area contributed by atoms with Gasteiger partial charge in [-0.2, -0.15) is 5.26 Å². The first-order valence-corrected chi connectivity index (χ1v) is 8.14. The Morgan fingerprint density at radius 2 is 2.30 bits per heavy atom. The fourth-order valence-electron chi connectivity index (χ4n) is 1.71. The largest absolute Gasteiger partial charge is 0.506 e. The summed E-state index contributed by atoms with van der Waals surface area (Å²) in [6.45, 7) is 1.76. The molecule has 2 heterocycles. The smallest absolute Gasteiger partial charge is 0.413 e. The lowest BCUT2D eigenvalue weighted by atomic mass is 10.3. The number of thioether (sulfide) groups is 1. The number of ether oxygens (including phenoxy) is 1. The zero-order valence-corrected chi connectivity index (χ0v) is 13.5. The number of imide groups is 1. The van der Waals surface area contributed by atoms with Gasteiger partial charge in [-0.15, -0.1) is 23.1 Å². The predicted molar refractivity (Wildman–Crippen MR) is 84.7 cm³/mol. The van der Waals surface area contributed by atoms with E-state index in [1.807, 2.05) is 11.4 Å². The number of aromatic amines is 1. The monoisotopic (exact) mass is 353 g/mol. The number of H-pyrrole nitrogens is 1. The number of aromatic hydroxyl groups is 1. The van der Waals surface area contributed by atoms with Crippen molar-refractivity contribution in [3.05, 3.63) is 22.0 Å². The summed E-state index contributed by atoms with van der Waals surface area (Å²) in [5.41, 5.74) is -0.122. The second-order valence-corrected chi connectivity index (χ2v) is 6.42. The number of nitrogens with one attached hydrogen (secondary N) is 2. The van der Waals surface area contributed by atoms with Gasteiger partial charge < -0.3 is 14.8 Å². The van der Waals surface area contributed by atoms with E-state index in [1.165, 1.54) is 0 Å². The highest BCUT2D eigenvalue weighted by Crippen LogP contribution is 2.39. The molecule has 0 saturated heterocycles. The molecule has 2 aromatic rings. The van der Waals surface area contributed by atoms with Crippen LogP contribution in [0.15, 0.2) is 15.1 Å². The van der Waals surface area contributed by atoms with Gasteiger partial charge in [0.2, 0.25) is 5.91 Å². The van der Waals surface area contributed by atoms with Gasteiger partial charge in [0.1, 0.15) is 17.4 Å². The van der Waals surface area contributed by atoms with Crippen LogP contribution in [0.2, 0.25) is 0 Å². The molecule has 0 unspecified atom stereocenters. The molecule has 0 atom stereocenters. The normalized spacial score (nSPS) is 10.3. The van der Waals surface area contributed by atoms with Crippen LogP contribution in [-0.4, -0.2) is 34.5 Å². The van der Waals surface area contributed by atoms with Gasteiger partial charge in [0, 0.05) is 6.07 Å². The molecule has 0 saturated carbocycles. The number of fused-ring (bicyclic) bond motifs is 1. The number of pyridine rings is 1. The fourth-order valence-corrected chi connectivity index (χ4v) is 3.85. The first kappa shape index (κ1) is 16.9. The highest BCUT2D eigenvalue weighted by molar-refractivity contribution is 8.02. The Morgan fingerprint density at radius 1 is 1.57 bits per heavy atom. The molecule has 8 nitrogen and oxygen atoms in total. The van der Waals surface area contributed by atoms with E-state index in [1.54, 1.807) is 6.92 Å². The van der Waals surface area contributed by atoms with Crippen LogP contribution in [0.25, 0.3) is 10.2 Å². The number of carbonyl (C=O) groups is 2. The van der Waals surface area contributed by atoms with Gasteiger partial charge in [-0.05, 0) is 6.92 Å². The van der Waals surface area contributed by atoms with E-state index in [0.717, 1.165) is 29.2 Å².